The Balaban J connectivity index is 2.19. The summed E-state index contributed by atoms with van der Waals surface area (Å²) in [6, 6.07) is 10.1. The van der Waals surface area contributed by atoms with Crippen molar-refractivity contribution >= 4 is 11.6 Å². The zero-order valence-electron chi connectivity index (χ0n) is 11.6. The molecule has 2 aromatic rings. The fourth-order valence-electron chi connectivity index (χ4n) is 1.92. The van der Waals surface area contributed by atoms with Crippen molar-refractivity contribution in [3.05, 3.63) is 65.2 Å². The second kappa shape index (κ2) is 6.95. The van der Waals surface area contributed by atoms with E-state index in [0.29, 0.717) is 18.3 Å². The van der Waals surface area contributed by atoms with Crippen LogP contribution in [0.2, 0.25) is 0 Å². The Labute approximate surface area is 122 Å². The number of para-hydroxylation sites is 1. The summed E-state index contributed by atoms with van der Waals surface area (Å²) in [7, 11) is 0. The predicted octanol–water partition coefficient (Wildman–Crippen LogP) is 3.33. The molecule has 0 aliphatic rings. The van der Waals surface area contributed by atoms with Gasteiger partial charge in [0.1, 0.15) is 11.6 Å². The largest absolute Gasteiger partial charge is 0.322 e. The number of halogens is 2. The third-order valence-electron chi connectivity index (χ3n) is 3.01. The van der Waals surface area contributed by atoms with Crippen LogP contribution in [0.25, 0.3) is 0 Å². The van der Waals surface area contributed by atoms with Gasteiger partial charge in [0.25, 0.3) is 5.91 Å². The summed E-state index contributed by atoms with van der Waals surface area (Å²) < 4.78 is 26.5. The van der Waals surface area contributed by atoms with Gasteiger partial charge < -0.3 is 10.6 Å². The summed E-state index contributed by atoms with van der Waals surface area (Å²) in [5, 5.41) is 5.82. The van der Waals surface area contributed by atoms with Crippen LogP contribution in [0.4, 0.5) is 14.5 Å². The number of hydrogen-bond acceptors (Lipinski definition) is 2. The van der Waals surface area contributed by atoms with Crippen LogP contribution >= 0.6 is 0 Å². The number of rotatable bonds is 5. The Morgan fingerprint density at radius 2 is 1.90 bits per heavy atom. The minimum atomic E-state index is -0.878. The molecule has 2 N–H and O–H groups in total. The molecule has 0 bridgehead atoms. The normalized spacial score (nSPS) is 10.4. The van der Waals surface area contributed by atoms with E-state index in [2.05, 4.69) is 10.6 Å². The van der Waals surface area contributed by atoms with E-state index in [1.807, 2.05) is 19.1 Å². The van der Waals surface area contributed by atoms with Gasteiger partial charge >= 0.3 is 0 Å². The van der Waals surface area contributed by atoms with E-state index < -0.39 is 17.5 Å². The number of nitrogens with one attached hydrogen (secondary N) is 2. The summed E-state index contributed by atoms with van der Waals surface area (Å²) in [5.74, 6) is -2.19. The average molecular weight is 290 g/mol. The predicted molar refractivity (Wildman–Crippen MR) is 78.1 cm³/mol. The molecular formula is C16H16F2N2O. The van der Waals surface area contributed by atoms with Crippen molar-refractivity contribution in [3.63, 3.8) is 0 Å². The van der Waals surface area contributed by atoms with Gasteiger partial charge in [0.2, 0.25) is 0 Å². The Hall–Kier alpha value is -2.27. The first-order valence-corrected chi connectivity index (χ1v) is 6.67. The standard InChI is InChI=1S/C16H16F2N2O/c1-2-19-10-11-5-3-4-6-15(11)20-16(21)13-8-7-12(17)9-14(13)18/h3-9,19H,2,10H2,1H3,(H,20,21). The topological polar surface area (TPSA) is 41.1 Å². The molecule has 0 saturated heterocycles. The average Bonchev–Trinajstić information content (AvgIpc) is 2.46. The molecule has 110 valence electrons. The second-order valence-electron chi connectivity index (χ2n) is 4.52. The summed E-state index contributed by atoms with van der Waals surface area (Å²) in [5.41, 5.74) is 1.32. The molecule has 5 heteroatoms. The number of amides is 1. The summed E-state index contributed by atoms with van der Waals surface area (Å²) in [4.78, 5) is 12.1. The zero-order chi connectivity index (χ0) is 15.2. The second-order valence-corrected chi connectivity index (χ2v) is 4.52. The fraction of sp³-hybridized carbons (Fsp3) is 0.188. The van der Waals surface area contributed by atoms with Crippen molar-refractivity contribution in [3.8, 4) is 0 Å². The van der Waals surface area contributed by atoms with Crippen LogP contribution in [0.1, 0.15) is 22.8 Å². The molecular weight excluding hydrogens is 274 g/mol. The molecule has 0 radical (unpaired) electrons. The first kappa shape index (κ1) is 15.1. The third-order valence-corrected chi connectivity index (χ3v) is 3.01. The lowest BCUT2D eigenvalue weighted by Gasteiger charge is -2.11. The van der Waals surface area contributed by atoms with E-state index in [-0.39, 0.29) is 5.56 Å². The van der Waals surface area contributed by atoms with Crippen molar-refractivity contribution < 1.29 is 13.6 Å². The van der Waals surface area contributed by atoms with Crippen LogP contribution < -0.4 is 10.6 Å². The van der Waals surface area contributed by atoms with Gasteiger partial charge in [0.05, 0.1) is 5.56 Å². The highest BCUT2D eigenvalue weighted by molar-refractivity contribution is 6.04. The number of anilines is 1. The molecule has 21 heavy (non-hydrogen) atoms. The maximum Gasteiger partial charge on any atom is 0.258 e. The van der Waals surface area contributed by atoms with Crippen LogP contribution in [0.3, 0.4) is 0 Å². The van der Waals surface area contributed by atoms with Gasteiger partial charge in [0.15, 0.2) is 0 Å². The highest BCUT2D eigenvalue weighted by Gasteiger charge is 2.13. The van der Waals surface area contributed by atoms with Crippen LogP contribution in [-0.2, 0) is 6.54 Å². The maximum atomic E-state index is 13.6. The van der Waals surface area contributed by atoms with Gasteiger partial charge in [0, 0.05) is 18.3 Å². The summed E-state index contributed by atoms with van der Waals surface area (Å²) in [6.45, 7) is 3.38. The van der Waals surface area contributed by atoms with Crippen LogP contribution in [0, 0.1) is 11.6 Å². The van der Waals surface area contributed by atoms with Crippen molar-refractivity contribution in [2.75, 3.05) is 11.9 Å². The molecule has 0 aromatic heterocycles. The molecule has 2 aromatic carbocycles. The minimum Gasteiger partial charge on any atom is -0.322 e. The Kier molecular flexibility index (Phi) is 5.00. The first-order chi connectivity index (χ1) is 10.1. The third kappa shape index (κ3) is 3.86. The lowest BCUT2D eigenvalue weighted by atomic mass is 10.1. The van der Waals surface area contributed by atoms with E-state index in [1.54, 1.807) is 12.1 Å². The molecule has 0 aliphatic carbocycles. The Morgan fingerprint density at radius 1 is 1.14 bits per heavy atom. The molecule has 2 rings (SSSR count). The molecule has 1 amide bonds. The van der Waals surface area contributed by atoms with E-state index in [0.717, 1.165) is 24.2 Å². The Bertz CT molecular complexity index is 644. The van der Waals surface area contributed by atoms with Gasteiger partial charge in [-0.2, -0.15) is 0 Å². The number of carbonyl (C=O) groups excluding carboxylic acids is 1. The summed E-state index contributed by atoms with van der Waals surface area (Å²) >= 11 is 0. The highest BCUT2D eigenvalue weighted by atomic mass is 19.1. The minimum absolute atomic E-state index is 0.186. The van der Waals surface area contributed by atoms with Gasteiger partial charge in [-0.15, -0.1) is 0 Å². The van der Waals surface area contributed by atoms with Crippen molar-refractivity contribution in [1.82, 2.24) is 5.32 Å². The first-order valence-electron chi connectivity index (χ1n) is 6.67. The zero-order valence-corrected chi connectivity index (χ0v) is 11.6. The Morgan fingerprint density at radius 3 is 2.62 bits per heavy atom. The molecule has 0 heterocycles. The highest BCUT2D eigenvalue weighted by Crippen LogP contribution is 2.17. The van der Waals surface area contributed by atoms with E-state index >= 15 is 0 Å². The molecule has 0 unspecified atom stereocenters. The molecule has 0 aliphatic heterocycles. The van der Waals surface area contributed by atoms with Crippen LogP contribution in [-0.4, -0.2) is 12.5 Å². The molecule has 0 fully saturated rings. The number of carbonyl (C=O) groups is 1. The van der Waals surface area contributed by atoms with E-state index in [4.69, 9.17) is 0 Å². The number of hydrogen-bond donors (Lipinski definition) is 2. The maximum absolute atomic E-state index is 13.6. The smallest absolute Gasteiger partial charge is 0.258 e. The van der Waals surface area contributed by atoms with Crippen LogP contribution in [0.5, 0.6) is 0 Å². The summed E-state index contributed by atoms with van der Waals surface area (Å²) in [6.07, 6.45) is 0. The van der Waals surface area contributed by atoms with Gasteiger partial charge in [-0.25, -0.2) is 8.78 Å². The molecule has 3 nitrogen and oxygen atoms in total. The van der Waals surface area contributed by atoms with E-state index in [1.165, 1.54) is 0 Å². The van der Waals surface area contributed by atoms with Crippen molar-refractivity contribution in [2.45, 2.75) is 13.5 Å². The quantitative estimate of drug-likeness (QED) is 0.887. The lowest BCUT2D eigenvalue weighted by Crippen LogP contribution is -2.18. The van der Waals surface area contributed by atoms with Crippen molar-refractivity contribution in [2.24, 2.45) is 0 Å². The fourth-order valence-corrected chi connectivity index (χ4v) is 1.92. The lowest BCUT2D eigenvalue weighted by molar-refractivity contribution is 0.102. The molecule has 0 saturated carbocycles. The number of benzene rings is 2. The van der Waals surface area contributed by atoms with Gasteiger partial charge in [-0.1, -0.05) is 25.1 Å². The molecule has 0 atom stereocenters. The van der Waals surface area contributed by atoms with E-state index in [9.17, 15) is 13.6 Å². The molecule has 0 spiro atoms. The van der Waals surface area contributed by atoms with Gasteiger partial charge in [-0.3, -0.25) is 4.79 Å². The SMILES string of the molecule is CCNCc1ccccc1NC(=O)c1ccc(F)cc1F. The van der Waals surface area contributed by atoms with Gasteiger partial charge in [-0.05, 0) is 30.3 Å². The van der Waals surface area contributed by atoms with Crippen molar-refractivity contribution in [1.29, 1.82) is 0 Å². The van der Waals surface area contributed by atoms with Crippen LogP contribution in [0.15, 0.2) is 42.5 Å². The monoisotopic (exact) mass is 290 g/mol.